The standard InChI is InChI=1S/C29H35N5O8/c1-29(2,3)42-28(39)31-21-13-16(5-7-18(21)26(37)30-20-9-11-24(35)32-27(20)38)15-41-23-14-17(6-10-22(23)40-4)19-8-12-25(36)34-33-19/h5-7,10,13-14,20,25,34,36H,8-9,11-12,15H2,1-4H3,(H,30,37)(H,31,39)(H,32,35,38). The zero-order valence-corrected chi connectivity index (χ0v) is 23.9. The van der Waals surface area contributed by atoms with Crippen molar-refractivity contribution in [3.05, 3.63) is 53.1 Å². The molecule has 2 aromatic rings. The molecule has 1 saturated heterocycles. The summed E-state index contributed by atoms with van der Waals surface area (Å²) in [5, 5.41) is 21.3. The number of hydrazone groups is 1. The van der Waals surface area contributed by atoms with Gasteiger partial charge in [0.2, 0.25) is 11.8 Å². The fourth-order valence-electron chi connectivity index (χ4n) is 4.35. The quantitative estimate of drug-likeness (QED) is 0.293. The number of hydrogen-bond acceptors (Lipinski definition) is 10. The third-order valence-electron chi connectivity index (χ3n) is 6.40. The Morgan fingerprint density at radius 3 is 2.52 bits per heavy atom. The van der Waals surface area contributed by atoms with Crippen LogP contribution in [0.4, 0.5) is 10.5 Å². The molecule has 2 unspecified atom stereocenters. The van der Waals surface area contributed by atoms with Gasteiger partial charge in [-0.2, -0.15) is 5.10 Å². The van der Waals surface area contributed by atoms with Gasteiger partial charge in [-0.15, -0.1) is 0 Å². The molecular formula is C29H35N5O8. The predicted octanol–water partition coefficient (Wildman–Crippen LogP) is 2.56. The number of amides is 4. The third kappa shape index (κ3) is 7.97. The molecule has 1 fully saturated rings. The number of imide groups is 1. The highest BCUT2D eigenvalue weighted by Crippen LogP contribution is 2.31. The molecule has 42 heavy (non-hydrogen) atoms. The molecule has 0 bridgehead atoms. The number of ether oxygens (including phenoxy) is 3. The molecule has 2 aromatic carbocycles. The molecule has 13 heteroatoms. The van der Waals surface area contributed by atoms with Crippen LogP contribution in [0.2, 0.25) is 0 Å². The van der Waals surface area contributed by atoms with E-state index in [2.05, 4.69) is 26.5 Å². The second kappa shape index (κ2) is 12.9. The van der Waals surface area contributed by atoms with Crippen LogP contribution < -0.4 is 30.8 Å². The van der Waals surface area contributed by atoms with Crippen LogP contribution in [0.3, 0.4) is 0 Å². The smallest absolute Gasteiger partial charge is 0.412 e. The molecule has 0 radical (unpaired) electrons. The monoisotopic (exact) mass is 581 g/mol. The number of rotatable bonds is 8. The number of hydrogen-bond donors (Lipinski definition) is 5. The number of anilines is 1. The topological polar surface area (TPSA) is 177 Å². The van der Waals surface area contributed by atoms with Crippen molar-refractivity contribution in [1.29, 1.82) is 0 Å². The second-order valence-electron chi connectivity index (χ2n) is 10.9. The molecular weight excluding hydrogens is 546 g/mol. The Balaban J connectivity index is 1.55. The van der Waals surface area contributed by atoms with Crippen molar-refractivity contribution < 1.29 is 38.5 Å². The Kier molecular flexibility index (Phi) is 9.31. The van der Waals surface area contributed by atoms with E-state index < -0.39 is 41.7 Å². The Bertz CT molecular complexity index is 1400. The van der Waals surface area contributed by atoms with Crippen LogP contribution in [-0.4, -0.2) is 59.6 Å². The van der Waals surface area contributed by atoms with Gasteiger partial charge in [-0.1, -0.05) is 6.07 Å². The Hall–Kier alpha value is -4.65. The van der Waals surface area contributed by atoms with Crippen LogP contribution >= 0.6 is 0 Å². The van der Waals surface area contributed by atoms with E-state index in [1.807, 2.05) is 6.07 Å². The predicted molar refractivity (Wildman–Crippen MR) is 152 cm³/mol. The molecule has 0 spiro atoms. The summed E-state index contributed by atoms with van der Waals surface area (Å²) >= 11 is 0. The van der Waals surface area contributed by atoms with E-state index >= 15 is 0 Å². The van der Waals surface area contributed by atoms with Gasteiger partial charge in [0.25, 0.3) is 5.91 Å². The van der Waals surface area contributed by atoms with Gasteiger partial charge in [0.15, 0.2) is 11.5 Å². The van der Waals surface area contributed by atoms with Gasteiger partial charge in [-0.25, -0.2) is 4.79 Å². The molecule has 2 aliphatic rings. The van der Waals surface area contributed by atoms with E-state index in [4.69, 9.17) is 14.2 Å². The van der Waals surface area contributed by atoms with Crippen molar-refractivity contribution in [2.75, 3.05) is 12.4 Å². The van der Waals surface area contributed by atoms with Gasteiger partial charge < -0.3 is 24.6 Å². The van der Waals surface area contributed by atoms with Crippen molar-refractivity contribution in [1.82, 2.24) is 16.1 Å². The molecule has 224 valence electrons. The minimum Gasteiger partial charge on any atom is -0.493 e. The van der Waals surface area contributed by atoms with E-state index in [-0.39, 0.29) is 30.7 Å². The van der Waals surface area contributed by atoms with E-state index in [1.54, 1.807) is 45.0 Å². The lowest BCUT2D eigenvalue weighted by Crippen LogP contribution is -2.52. The van der Waals surface area contributed by atoms with Crippen LogP contribution in [-0.2, 0) is 20.9 Å². The highest BCUT2D eigenvalue weighted by atomic mass is 16.6. The van der Waals surface area contributed by atoms with Crippen molar-refractivity contribution in [2.45, 2.75) is 70.9 Å². The molecule has 2 heterocycles. The largest absolute Gasteiger partial charge is 0.493 e. The zero-order chi connectivity index (χ0) is 30.4. The Labute approximate surface area is 243 Å². The fourth-order valence-corrected chi connectivity index (χ4v) is 4.35. The van der Waals surface area contributed by atoms with Gasteiger partial charge in [0.05, 0.1) is 24.1 Å². The number of carbonyl (C=O) groups excluding carboxylic acids is 4. The van der Waals surface area contributed by atoms with Crippen molar-refractivity contribution in [3.63, 3.8) is 0 Å². The molecule has 0 aliphatic carbocycles. The molecule has 5 N–H and O–H groups in total. The molecule has 13 nitrogen and oxygen atoms in total. The summed E-state index contributed by atoms with van der Waals surface area (Å²) < 4.78 is 16.9. The molecule has 2 atom stereocenters. The van der Waals surface area contributed by atoms with Crippen molar-refractivity contribution in [2.24, 2.45) is 5.10 Å². The van der Waals surface area contributed by atoms with Gasteiger partial charge in [0, 0.05) is 12.0 Å². The first-order valence-corrected chi connectivity index (χ1v) is 13.5. The van der Waals surface area contributed by atoms with E-state index in [1.165, 1.54) is 13.2 Å². The third-order valence-corrected chi connectivity index (χ3v) is 6.40. The molecule has 2 aliphatic heterocycles. The number of aliphatic hydroxyl groups is 1. The SMILES string of the molecule is COc1ccc(C2=NNC(O)CC2)cc1OCc1ccc(C(=O)NC2CCC(=O)NC2=O)c(NC(=O)OC(C)(C)C)c1. The number of nitrogens with zero attached hydrogens (tertiary/aromatic N) is 1. The van der Waals surface area contributed by atoms with Crippen LogP contribution in [0.25, 0.3) is 0 Å². The maximum Gasteiger partial charge on any atom is 0.412 e. The van der Waals surface area contributed by atoms with Crippen LogP contribution in [0.15, 0.2) is 41.5 Å². The molecule has 4 amide bonds. The van der Waals surface area contributed by atoms with Crippen LogP contribution in [0.1, 0.15) is 67.9 Å². The number of aliphatic hydroxyl groups excluding tert-OH is 1. The van der Waals surface area contributed by atoms with E-state index in [9.17, 15) is 24.3 Å². The van der Waals surface area contributed by atoms with Gasteiger partial charge in [-0.3, -0.25) is 30.4 Å². The molecule has 0 saturated carbocycles. The Morgan fingerprint density at radius 1 is 1.07 bits per heavy atom. The maximum absolute atomic E-state index is 13.2. The summed E-state index contributed by atoms with van der Waals surface area (Å²) in [4.78, 5) is 49.4. The fraction of sp³-hybridized carbons (Fsp3) is 0.414. The van der Waals surface area contributed by atoms with Crippen LogP contribution in [0, 0.1) is 0 Å². The highest BCUT2D eigenvalue weighted by Gasteiger charge is 2.29. The summed E-state index contributed by atoms with van der Waals surface area (Å²) in [6.45, 7) is 5.20. The van der Waals surface area contributed by atoms with Gasteiger partial charge >= 0.3 is 6.09 Å². The average molecular weight is 582 g/mol. The average Bonchev–Trinajstić information content (AvgIpc) is 2.92. The normalized spacial score (nSPS) is 18.6. The first-order chi connectivity index (χ1) is 19.9. The number of methoxy groups -OCH3 is 1. The first-order valence-electron chi connectivity index (χ1n) is 13.5. The summed E-state index contributed by atoms with van der Waals surface area (Å²) in [7, 11) is 1.52. The molecule has 4 rings (SSSR count). The highest BCUT2D eigenvalue weighted by molar-refractivity contribution is 6.07. The van der Waals surface area contributed by atoms with Crippen LogP contribution in [0.5, 0.6) is 11.5 Å². The van der Waals surface area contributed by atoms with Crippen molar-refractivity contribution >= 4 is 35.2 Å². The first kappa shape index (κ1) is 30.3. The van der Waals surface area contributed by atoms with E-state index in [0.717, 1.165) is 11.3 Å². The maximum atomic E-state index is 13.2. The minimum atomic E-state index is -0.889. The zero-order valence-electron chi connectivity index (χ0n) is 23.9. The van der Waals surface area contributed by atoms with E-state index in [0.29, 0.717) is 29.9 Å². The van der Waals surface area contributed by atoms with Gasteiger partial charge in [0.1, 0.15) is 24.5 Å². The number of carbonyl (C=O) groups is 4. The summed E-state index contributed by atoms with van der Waals surface area (Å²) in [5.74, 6) is -0.648. The summed E-state index contributed by atoms with van der Waals surface area (Å²) in [6.07, 6.45) is -0.0645. The molecule has 0 aromatic heterocycles. The second-order valence-corrected chi connectivity index (χ2v) is 10.9. The number of benzene rings is 2. The number of nitrogens with one attached hydrogen (secondary N) is 4. The minimum absolute atomic E-state index is 0.0568. The lowest BCUT2D eigenvalue weighted by atomic mass is 10.0. The lowest BCUT2D eigenvalue weighted by molar-refractivity contribution is -0.134. The van der Waals surface area contributed by atoms with Gasteiger partial charge in [-0.05, 0) is 75.9 Å². The number of piperidine rings is 1. The lowest BCUT2D eigenvalue weighted by Gasteiger charge is -2.23. The summed E-state index contributed by atoms with van der Waals surface area (Å²) in [5.41, 5.74) is 4.33. The summed E-state index contributed by atoms with van der Waals surface area (Å²) in [6, 6.07) is 9.26. The Morgan fingerprint density at radius 2 is 1.86 bits per heavy atom. The van der Waals surface area contributed by atoms with Crippen molar-refractivity contribution in [3.8, 4) is 11.5 Å².